The molecule has 5 nitrogen and oxygen atoms in total. The Morgan fingerprint density at radius 1 is 1.23 bits per heavy atom. The van der Waals surface area contributed by atoms with E-state index in [2.05, 4.69) is 4.98 Å². The highest BCUT2D eigenvalue weighted by molar-refractivity contribution is 5.93. The minimum absolute atomic E-state index is 0.0803. The second-order valence-electron chi connectivity index (χ2n) is 4.75. The monoisotopic (exact) mass is 300 g/mol. The van der Waals surface area contributed by atoms with E-state index in [1.165, 1.54) is 6.20 Å². The third-order valence-electron chi connectivity index (χ3n) is 3.15. The van der Waals surface area contributed by atoms with Crippen LogP contribution in [0.4, 0.5) is 0 Å². The number of amides is 1. The Morgan fingerprint density at radius 2 is 2.00 bits per heavy atom. The number of rotatable bonds is 7. The number of nitrogens with zero attached hydrogens (tertiary/aromatic N) is 2. The van der Waals surface area contributed by atoms with Gasteiger partial charge in [-0.15, -0.1) is 0 Å². The molecule has 1 aromatic carbocycles. The molecule has 1 heterocycles. The van der Waals surface area contributed by atoms with Crippen LogP contribution in [-0.2, 0) is 6.54 Å². The maximum atomic E-state index is 12.5. The van der Waals surface area contributed by atoms with Gasteiger partial charge in [0, 0.05) is 25.4 Å². The molecule has 0 atom stereocenters. The summed E-state index contributed by atoms with van der Waals surface area (Å²) in [6.45, 7) is 3.06. The Bertz CT molecular complexity index is 585. The number of benzene rings is 1. The molecule has 0 saturated heterocycles. The number of aromatic nitrogens is 1. The van der Waals surface area contributed by atoms with Crippen LogP contribution < -0.4 is 4.74 Å². The molecule has 2 aromatic rings. The summed E-state index contributed by atoms with van der Waals surface area (Å²) in [6, 6.07) is 13.1. The number of carbonyl (C=O) groups excluding carboxylic acids is 1. The summed E-state index contributed by atoms with van der Waals surface area (Å²) < 4.78 is 5.27. The lowest BCUT2D eigenvalue weighted by molar-refractivity contribution is 0.0707. The van der Waals surface area contributed by atoms with E-state index in [9.17, 15) is 9.90 Å². The molecule has 1 N–H and O–H groups in total. The van der Waals surface area contributed by atoms with Crippen LogP contribution in [0.25, 0.3) is 0 Å². The molecule has 1 amide bonds. The van der Waals surface area contributed by atoms with E-state index in [0.29, 0.717) is 24.6 Å². The molecule has 0 radical (unpaired) electrons. The molecule has 0 saturated carbocycles. The van der Waals surface area contributed by atoms with Crippen LogP contribution in [0, 0.1) is 0 Å². The standard InChI is InChI=1S/C17H20N2O3/c1-2-22-16-9-8-15(12-18-16)17(21)19(10-11-20)13-14-6-4-3-5-7-14/h3-9,12,20H,2,10-11,13H2,1H3. The quantitative estimate of drug-likeness (QED) is 0.850. The summed E-state index contributed by atoms with van der Waals surface area (Å²) in [5.41, 5.74) is 1.50. The first-order valence-corrected chi connectivity index (χ1v) is 7.27. The van der Waals surface area contributed by atoms with Crippen molar-refractivity contribution in [1.82, 2.24) is 9.88 Å². The summed E-state index contributed by atoms with van der Waals surface area (Å²) in [7, 11) is 0. The van der Waals surface area contributed by atoms with Crippen molar-refractivity contribution >= 4 is 5.91 Å². The summed E-state index contributed by atoms with van der Waals surface area (Å²) >= 11 is 0. The van der Waals surface area contributed by atoms with Crippen molar-refractivity contribution < 1.29 is 14.6 Å². The zero-order chi connectivity index (χ0) is 15.8. The number of hydrogen-bond acceptors (Lipinski definition) is 4. The number of pyridine rings is 1. The Balaban J connectivity index is 2.11. The smallest absolute Gasteiger partial charge is 0.255 e. The lowest BCUT2D eigenvalue weighted by Crippen LogP contribution is -2.33. The summed E-state index contributed by atoms with van der Waals surface area (Å²) in [4.78, 5) is 18.3. The van der Waals surface area contributed by atoms with E-state index in [-0.39, 0.29) is 19.1 Å². The Labute approximate surface area is 130 Å². The van der Waals surface area contributed by atoms with Gasteiger partial charge in [-0.3, -0.25) is 4.79 Å². The van der Waals surface area contributed by atoms with E-state index in [1.807, 2.05) is 37.3 Å². The fourth-order valence-electron chi connectivity index (χ4n) is 2.10. The van der Waals surface area contributed by atoms with Crippen molar-refractivity contribution in [3.8, 4) is 5.88 Å². The third kappa shape index (κ3) is 4.30. The Morgan fingerprint density at radius 3 is 2.59 bits per heavy atom. The van der Waals surface area contributed by atoms with Crippen LogP contribution in [0.5, 0.6) is 5.88 Å². The Hall–Kier alpha value is -2.40. The Kier molecular flexibility index (Phi) is 5.91. The SMILES string of the molecule is CCOc1ccc(C(=O)N(CCO)Cc2ccccc2)cn1. The molecule has 0 spiro atoms. The lowest BCUT2D eigenvalue weighted by atomic mass is 10.2. The predicted octanol–water partition coefficient (Wildman–Crippen LogP) is 2.12. The van der Waals surface area contributed by atoms with Crippen molar-refractivity contribution in [2.45, 2.75) is 13.5 Å². The highest BCUT2D eigenvalue weighted by Crippen LogP contribution is 2.12. The first-order chi connectivity index (χ1) is 10.7. The predicted molar refractivity (Wildman–Crippen MR) is 83.7 cm³/mol. The second kappa shape index (κ2) is 8.14. The third-order valence-corrected chi connectivity index (χ3v) is 3.15. The van der Waals surface area contributed by atoms with Crippen molar-refractivity contribution in [2.24, 2.45) is 0 Å². The van der Waals surface area contributed by atoms with E-state index in [0.717, 1.165) is 5.56 Å². The fraction of sp³-hybridized carbons (Fsp3) is 0.294. The average molecular weight is 300 g/mol. The van der Waals surface area contributed by atoms with Crippen LogP contribution in [0.1, 0.15) is 22.8 Å². The first kappa shape index (κ1) is 16.0. The highest BCUT2D eigenvalue weighted by Gasteiger charge is 2.16. The van der Waals surface area contributed by atoms with Gasteiger partial charge in [-0.25, -0.2) is 4.98 Å². The minimum Gasteiger partial charge on any atom is -0.478 e. The molecule has 0 aliphatic heterocycles. The normalized spacial score (nSPS) is 10.3. The molecule has 0 unspecified atom stereocenters. The molecule has 22 heavy (non-hydrogen) atoms. The van der Waals surface area contributed by atoms with Crippen molar-refractivity contribution in [3.05, 3.63) is 59.8 Å². The van der Waals surface area contributed by atoms with Gasteiger partial charge in [0.1, 0.15) is 0 Å². The number of carbonyl (C=O) groups is 1. The van der Waals surface area contributed by atoms with E-state index in [1.54, 1.807) is 17.0 Å². The van der Waals surface area contributed by atoms with Gasteiger partial charge in [0.05, 0.1) is 18.8 Å². The summed E-state index contributed by atoms with van der Waals surface area (Å²) in [5.74, 6) is 0.337. The van der Waals surface area contributed by atoms with Gasteiger partial charge in [0.15, 0.2) is 0 Å². The highest BCUT2D eigenvalue weighted by atomic mass is 16.5. The number of aliphatic hydroxyl groups excluding tert-OH is 1. The van der Waals surface area contributed by atoms with Gasteiger partial charge in [0.2, 0.25) is 5.88 Å². The van der Waals surface area contributed by atoms with Crippen molar-refractivity contribution in [1.29, 1.82) is 0 Å². The van der Waals surface area contributed by atoms with Crippen molar-refractivity contribution in [3.63, 3.8) is 0 Å². The topological polar surface area (TPSA) is 62.7 Å². The van der Waals surface area contributed by atoms with Gasteiger partial charge >= 0.3 is 0 Å². The number of ether oxygens (including phenoxy) is 1. The first-order valence-electron chi connectivity index (χ1n) is 7.27. The second-order valence-corrected chi connectivity index (χ2v) is 4.75. The van der Waals surface area contributed by atoms with Gasteiger partial charge in [-0.2, -0.15) is 0 Å². The zero-order valence-electron chi connectivity index (χ0n) is 12.6. The molecule has 5 heteroatoms. The van der Waals surface area contributed by atoms with Gasteiger partial charge in [-0.05, 0) is 18.6 Å². The molecule has 0 aliphatic carbocycles. The largest absolute Gasteiger partial charge is 0.478 e. The van der Waals surface area contributed by atoms with Crippen LogP contribution in [0.2, 0.25) is 0 Å². The maximum absolute atomic E-state index is 12.5. The van der Waals surface area contributed by atoms with E-state index < -0.39 is 0 Å². The summed E-state index contributed by atoms with van der Waals surface area (Å²) in [5, 5.41) is 9.20. The van der Waals surface area contributed by atoms with Gasteiger partial charge in [0.25, 0.3) is 5.91 Å². The molecule has 116 valence electrons. The average Bonchev–Trinajstić information content (AvgIpc) is 2.56. The zero-order valence-corrected chi connectivity index (χ0v) is 12.6. The molecular formula is C17H20N2O3. The van der Waals surface area contributed by atoms with Crippen LogP contribution in [0.15, 0.2) is 48.7 Å². The van der Waals surface area contributed by atoms with Crippen LogP contribution in [0.3, 0.4) is 0 Å². The van der Waals surface area contributed by atoms with E-state index in [4.69, 9.17) is 4.74 Å². The molecule has 1 aromatic heterocycles. The lowest BCUT2D eigenvalue weighted by Gasteiger charge is -2.22. The number of aliphatic hydroxyl groups is 1. The number of hydrogen-bond donors (Lipinski definition) is 1. The molecule has 0 bridgehead atoms. The van der Waals surface area contributed by atoms with Gasteiger partial charge < -0.3 is 14.7 Å². The van der Waals surface area contributed by atoms with E-state index >= 15 is 0 Å². The van der Waals surface area contributed by atoms with Crippen LogP contribution >= 0.6 is 0 Å². The van der Waals surface area contributed by atoms with Gasteiger partial charge in [-0.1, -0.05) is 30.3 Å². The van der Waals surface area contributed by atoms with Crippen molar-refractivity contribution in [2.75, 3.05) is 19.8 Å². The summed E-state index contributed by atoms with van der Waals surface area (Å²) in [6.07, 6.45) is 1.50. The maximum Gasteiger partial charge on any atom is 0.255 e. The molecule has 2 rings (SSSR count). The molecular weight excluding hydrogens is 280 g/mol. The minimum atomic E-state index is -0.159. The van der Waals surface area contributed by atoms with Crippen LogP contribution in [-0.4, -0.2) is 40.7 Å². The molecule has 0 aliphatic rings. The molecule has 0 fully saturated rings. The fourth-order valence-corrected chi connectivity index (χ4v) is 2.10.